The fraction of sp³-hybridized carbons (Fsp3) is 0.286. The first kappa shape index (κ1) is 22.1. The molecule has 34 heavy (non-hydrogen) atoms. The van der Waals surface area contributed by atoms with E-state index in [2.05, 4.69) is 27.0 Å². The highest BCUT2D eigenvalue weighted by molar-refractivity contribution is 5.92. The van der Waals surface area contributed by atoms with E-state index in [1.807, 2.05) is 30.6 Å². The Morgan fingerprint density at radius 2 is 1.79 bits per heavy atom. The molecule has 4 aromatic rings. The molecule has 0 atom stereocenters. The van der Waals surface area contributed by atoms with E-state index in [0.717, 1.165) is 42.6 Å². The summed E-state index contributed by atoms with van der Waals surface area (Å²) in [6.07, 6.45) is 8.14. The summed E-state index contributed by atoms with van der Waals surface area (Å²) in [6.45, 7) is 0.574. The second kappa shape index (κ2) is 10.1. The first-order chi connectivity index (χ1) is 16.7. The van der Waals surface area contributed by atoms with E-state index < -0.39 is 0 Å². The standard InChI is InChI=1S/C28H28FN3O2/c29-22-14-12-21(13-15-22)26-27(32(19-31-26)23-10-4-5-11-23)24-16-17-25(34-24)28(33)30-18-6-9-20-7-2-1-3-8-20/h1-3,7-8,12-17,19,23H,4-6,9-11,18H2,(H,30,33). The number of aromatic nitrogens is 2. The maximum absolute atomic E-state index is 13.5. The van der Waals surface area contributed by atoms with Gasteiger partial charge in [0.05, 0.1) is 12.0 Å². The number of nitrogens with one attached hydrogen (secondary N) is 1. The number of hydrogen-bond acceptors (Lipinski definition) is 3. The van der Waals surface area contributed by atoms with E-state index in [9.17, 15) is 9.18 Å². The lowest BCUT2D eigenvalue weighted by atomic mass is 10.1. The molecule has 1 fully saturated rings. The Hall–Kier alpha value is -3.67. The van der Waals surface area contributed by atoms with Crippen LogP contribution < -0.4 is 5.32 Å². The highest BCUT2D eigenvalue weighted by atomic mass is 19.1. The van der Waals surface area contributed by atoms with Crippen LogP contribution in [-0.2, 0) is 6.42 Å². The summed E-state index contributed by atoms with van der Waals surface area (Å²) >= 11 is 0. The van der Waals surface area contributed by atoms with Crippen LogP contribution in [0, 0.1) is 5.82 Å². The Balaban J connectivity index is 1.34. The van der Waals surface area contributed by atoms with Crippen LogP contribution >= 0.6 is 0 Å². The second-order valence-electron chi connectivity index (χ2n) is 8.80. The Labute approximate surface area is 198 Å². The van der Waals surface area contributed by atoms with Crippen molar-refractivity contribution < 1.29 is 13.6 Å². The summed E-state index contributed by atoms with van der Waals surface area (Å²) in [4.78, 5) is 17.4. The summed E-state index contributed by atoms with van der Waals surface area (Å²) in [7, 11) is 0. The van der Waals surface area contributed by atoms with Crippen molar-refractivity contribution in [1.82, 2.24) is 14.9 Å². The predicted molar refractivity (Wildman–Crippen MR) is 130 cm³/mol. The molecule has 1 amide bonds. The Morgan fingerprint density at radius 1 is 1.03 bits per heavy atom. The number of hydrogen-bond donors (Lipinski definition) is 1. The van der Waals surface area contributed by atoms with E-state index in [4.69, 9.17) is 4.42 Å². The highest BCUT2D eigenvalue weighted by Crippen LogP contribution is 2.39. The van der Waals surface area contributed by atoms with Crippen molar-refractivity contribution in [2.24, 2.45) is 0 Å². The third-order valence-corrected chi connectivity index (χ3v) is 6.46. The fourth-order valence-electron chi connectivity index (χ4n) is 4.70. The van der Waals surface area contributed by atoms with Crippen molar-refractivity contribution in [2.75, 3.05) is 6.54 Å². The molecule has 0 spiro atoms. The van der Waals surface area contributed by atoms with Gasteiger partial charge in [0.1, 0.15) is 11.5 Å². The van der Waals surface area contributed by atoms with E-state index in [1.54, 1.807) is 18.2 Å². The number of carbonyl (C=O) groups is 1. The lowest BCUT2D eigenvalue weighted by Gasteiger charge is -2.15. The number of amides is 1. The molecule has 2 heterocycles. The van der Waals surface area contributed by atoms with Crippen LogP contribution in [0.15, 0.2) is 77.5 Å². The minimum atomic E-state index is -0.287. The molecule has 1 N–H and O–H groups in total. The van der Waals surface area contributed by atoms with Crippen LogP contribution in [0.3, 0.4) is 0 Å². The molecular formula is C28H28FN3O2. The van der Waals surface area contributed by atoms with Crippen LogP contribution in [-0.4, -0.2) is 22.0 Å². The molecule has 1 saturated carbocycles. The third kappa shape index (κ3) is 4.81. The molecular weight excluding hydrogens is 429 g/mol. The lowest BCUT2D eigenvalue weighted by Crippen LogP contribution is -2.24. The first-order valence-electron chi connectivity index (χ1n) is 11.9. The molecule has 2 aromatic heterocycles. The van der Waals surface area contributed by atoms with Crippen LogP contribution in [0.25, 0.3) is 22.7 Å². The molecule has 0 bridgehead atoms. The van der Waals surface area contributed by atoms with E-state index >= 15 is 0 Å². The van der Waals surface area contributed by atoms with E-state index in [0.29, 0.717) is 18.3 Å². The van der Waals surface area contributed by atoms with Gasteiger partial charge in [-0.2, -0.15) is 0 Å². The van der Waals surface area contributed by atoms with Crippen LogP contribution in [0.1, 0.15) is 54.3 Å². The number of imidazole rings is 1. The Kier molecular flexibility index (Phi) is 6.56. The number of aryl methyl sites for hydroxylation is 1. The third-order valence-electron chi connectivity index (χ3n) is 6.46. The number of nitrogens with zero attached hydrogens (tertiary/aromatic N) is 2. The van der Waals surface area contributed by atoms with Crippen LogP contribution in [0.4, 0.5) is 4.39 Å². The largest absolute Gasteiger partial charge is 0.449 e. The SMILES string of the molecule is O=C(NCCCc1ccccc1)c1ccc(-c2c(-c3ccc(F)cc3)ncn2C2CCCC2)o1. The van der Waals surface area contributed by atoms with Gasteiger partial charge in [0.2, 0.25) is 0 Å². The molecule has 1 aliphatic rings. The first-order valence-corrected chi connectivity index (χ1v) is 11.9. The van der Waals surface area contributed by atoms with Gasteiger partial charge in [-0.05, 0) is 67.6 Å². The summed E-state index contributed by atoms with van der Waals surface area (Å²) in [6, 6.07) is 20.4. The molecule has 1 aliphatic carbocycles. The molecule has 0 unspecified atom stereocenters. The van der Waals surface area contributed by atoms with Gasteiger partial charge in [0.15, 0.2) is 11.5 Å². The van der Waals surface area contributed by atoms with Crippen molar-refractivity contribution in [3.05, 3.63) is 90.2 Å². The number of carbonyl (C=O) groups excluding carboxylic acids is 1. The number of furan rings is 1. The molecule has 0 saturated heterocycles. The minimum Gasteiger partial charge on any atom is -0.449 e. The average Bonchev–Trinajstić information content (AvgIpc) is 3.63. The van der Waals surface area contributed by atoms with Gasteiger partial charge in [0.25, 0.3) is 5.91 Å². The van der Waals surface area contributed by atoms with Gasteiger partial charge >= 0.3 is 0 Å². The van der Waals surface area contributed by atoms with E-state index in [-0.39, 0.29) is 17.5 Å². The van der Waals surface area contributed by atoms with Gasteiger partial charge < -0.3 is 14.3 Å². The summed E-state index contributed by atoms with van der Waals surface area (Å²) in [5, 5.41) is 2.95. The monoisotopic (exact) mass is 457 g/mol. The molecule has 0 radical (unpaired) electrons. The zero-order valence-electron chi connectivity index (χ0n) is 19.0. The molecule has 0 aliphatic heterocycles. The van der Waals surface area contributed by atoms with Crippen molar-refractivity contribution in [2.45, 2.75) is 44.6 Å². The summed E-state index contributed by atoms with van der Waals surface area (Å²) in [5.41, 5.74) is 3.64. The topological polar surface area (TPSA) is 60.1 Å². The lowest BCUT2D eigenvalue weighted by molar-refractivity contribution is 0.0926. The van der Waals surface area contributed by atoms with Gasteiger partial charge in [0, 0.05) is 18.2 Å². The van der Waals surface area contributed by atoms with Crippen molar-refractivity contribution >= 4 is 5.91 Å². The average molecular weight is 458 g/mol. The molecule has 6 heteroatoms. The van der Waals surface area contributed by atoms with Crippen LogP contribution in [0.5, 0.6) is 0 Å². The van der Waals surface area contributed by atoms with Gasteiger partial charge in [-0.25, -0.2) is 9.37 Å². The number of benzene rings is 2. The second-order valence-corrected chi connectivity index (χ2v) is 8.80. The van der Waals surface area contributed by atoms with Gasteiger partial charge in [-0.15, -0.1) is 0 Å². The smallest absolute Gasteiger partial charge is 0.287 e. The number of rotatable bonds is 8. The molecule has 174 valence electrons. The highest BCUT2D eigenvalue weighted by Gasteiger charge is 2.25. The quantitative estimate of drug-likeness (QED) is 0.310. The van der Waals surface area contributed by atoms with Crippen molar-refractivity contribution in [3.8, 4) is 22.7 Å². The molecule has 5 rings (SSSR count). The predicted octanol–water partition coefficient (Wildman–Crippen LogP) is 6.43. The Morgan fingerprint density at radius 3 is 2.56 bits per heavy atom. The van der Waals surface area contributed by atoms with Gasteiger partial charge in [-0.1, -0.05) is 43.2 Å². The van der Waals surface area contributed by atoms with Gasteiger partial charge in [-0.3, -0.25) is 4.79 Å². The zero-order chi connectivity index (χ0) is 23.3. The Bertz CT molecular complexity index is 1240. The normalized spacial score (nSPS) is 13.9. The van der Waals surface area contributed by atoms with E-state index in [1.165, 1.54) is 30.5 Å². The zero-order valence-corrected chi connectivity index (χ0v) is 19.0. The molecule has 5 nitrogen and oxygen atoms in total. The van der Waals surface area contributed by atoms with Crippen molar-refractivity contribution in [3.63, 3.8) is 0 Å². The molecule has 2 aromatic carbocycles. The van der Waals surface area contributed by atoms with Crippen LogP contribution in [0.2, 0.25) is 0 Å². The fourth-order valence-corrected chi connectivity index (χ4v) is 4.70. The minimum absolute atomic E-state index is 0.227. The maximum atomic E-state index is 13.5. The summed E-state index contributed by atoms with van der Waals surface area (Å²) in [5.74, 6) is 0.358. The maximum Gasteiger partial charge on any atom is 0.287 e. The van der Waals surface area contributed by atoms with Crippen molar-refractivity contribution in [1.29, 1.82) is 0 Å². The number of halogens is 1. The summed E-state index contributed by atoms with van der Waals surface area (Å²) < 4.78 is 21.7.